The third-order valence-electron chi connectivity index (χ3n) is 4.57. The standard InChI is InChI=1S/C18H22ClN5O2.ClH/c1-23(2)18(26)13-6-12(4-5-16(13)19)22-17(25)15-9-20-8-14(15)11-7-21-24(3)10-11;/h4-7,10,14-15,20H,8-9H2,1-3H3,(H,22,25);1H/t14-,15+;/m1./s1. The summed E-state index contributed by atoms with van der Waals surface area (Å²) in [6.45, 7) is 1.33. The van der Waals surface area contributed by atoms with Gasteiger partial charge in [-0.15, -0.1) is 12.4 Å². The largest absolute Gasteiger partial charge is 0.345 e. The van der Waals surface area contributed by atoms with Gasteiger partial charge in [-0.3, -0.25) is 14.3 Å². The molecular weight excluding hydrogens is 389 g/mol. The van der Waals surface area contributed by atoms with Crippen molar-refractivity contribution in [2.75, 3.05) is 32.5 Å². The van der Waals surface area contributed by atoms with Gasteiger partial charge in [-0.25, -0.2) is 0 Å². The van der Waals surface area contributed by atoms with Crippen molar-refractivity contribution >= 4 is 41.5 Å². The maximum atomic E-state index is 12.8. The van der Waals surface area contributed by atoms with Gasteiger partial charge in [0.25, 0.3) is 5.91 Å². The highest BCUT2D eigenvalue weighted by Crippen LogP contribution is 2.29. The van der Waals surface area contributed by atoms with Crippen LogP contribution in [0, 0.1) is 5.92 Å². The average Bonchev–Trinajstić information content (AvgIpc) is 3.24. The molecule has 1 aromatic heterocycles. The topological polar surface area (TPSA) is 79.3 Å². The zero-order chi connectivity index (χ0) is 18.8. The molecule has 27 heavy (non-hydrogen) atoms. The van der Waals surface area contributed by atoms with E-state index in [0.717, 1.165) is 12.1 Å². The first kappa shape index (κ1) is 21.2. The van der Waals surface area contributed by atoms with E-state index in [1.54, 1.807) is 43.2 Å². The summed E-state index contributed by atoms with van der Waals surface area (Å²) in [6.07, 6.45) is 3.74. The number of carbonyl (C=O) groups is 2. The number of aromatic nitrogens is 2. The lowest BCUT2D eigenvalue weighted by Gasteiger charge is -2.18. The second-order valence-corrected chi connectivity index (χ2v) is 7.11. The Morgan fingerprint density at radius 1 is 1.33 bits per heavy atom. The van der Waals surface area contributed by atoms with Crippen molar-refractivity contribution in [2.24, 2.45) is 13.0 Å². The van der Waals surface area contributed by atoms with E-state index in [0.29, 0.717) is 22.8 Å². The van der Waals surface area contributed by atoms with Crippen LogP contribution in [0.2, 0.25) is 5.02 Å². The van der Waals surface area contributed by atoms with Gasteiger partial charge in [0.1, 0.15) is 0 Å². The van der Waals surface area contributed by atoms with Crippen molar-refractivity contribution in [1.82, 2.24) is 20.0 Å². The smallest absolute Gasteiger partial charge is 0.254 e. The van der Waals surface area contributed by atoms with Gasteiger partial charge in [0.2, 0.25) is 5.91 Å². The first-order valence-electron chi connectivity index (χ1n) is 8.38. The van der Waals surface area contributed by atoms with Gasteiger partial charge in [-0.1, -0.05) is 11.6 Å². The molecule has 0 aliphatic carbocycles. The molecule has 3 rings (SSSR count). The molecule has 0 saturated carbocycles. The summed E-state index contributed by atoms with van der Waals surface area (Å²) in [4.78, 5) is 26.5. The van der Waals surface area contributed by atoms with E-state index >= 15 is 0 Å². The molecule has 1 aliphatic rings. The molecular formula is C18H23Cl2N5O2. The molecule has 9 heteroatoms. The molecule has 2 N–H and O–H groups in total. The molecule has 1 aromatic carbocycles. The minimum atomic E-state index is -0.207. The van der Waals surface area contributed by atoms with Gasteiger partial charge in [0.15, 0.2) is 0 Å². The SMILES string of the molecule is CN(C)C(=O)c1cc(NC(=O)[C@H]2CNC[C@@H]2c2cnn(C)c2)ccc1Cl.Cl. The molecule has 2 amide bonds. The Hall–Kier alpha value is -2.09. The average molecular weight is 412 g/mol. The summed E-state index contributed by atoms with van der Waals surface area (Å²) in [5.74, 6) is -0.432. The maximum Gasteiger partial charge on any atom is 0.254 e. The van der Waals surface area contributed by atoms with E-state index in [4.69, 9.17) is 11.6 Å². The molecule has 7 nitrogen and oxygen atoms in total. The Bertz CT molecular complexity index is 837. The summed E-state index contributed by atoms with van der Waals surface area (Å²) in [7, 11) is 5.18. The lowest BCUT2D eigenvalue weighted by Crippen LogP contribution is -2.28. The number of hydrogen-bond acceptors (Lipinski definition) is 4. The van der Waals surface area contributed by atoms with Crippen LogP contribution in [-0.2, 0) is 11.8 Å². The zero-order valence-electron chi connectivity index (χ0n) is 15.4. The molecule has 0 radical (unpaired) electrons. The number of hydrogen-bond donors (Lipinski definition) is 2. The number of rotatable bonds is 4. The van der Waals surface area contributed by atoms with Crippen LogP contribution in [0.5, 0.6) is 0 Å². The van der Waals surface area contributed by atoms with E-state index in [1.807, 2.05) is 13.2 Å². The van der Waals surface area contributed by atoms with Crippen molar-refractivity contribution in [2.45, 2.75) is 5.92 Å². The Morgan fingerprint density at radius 2 is 2.07 bits per heavy atom. The maximum absolute atomic E-state index is 12.8. The minimum Gasteiger partial charge on any atom is -0.345 e. The second-order valence-electron chi connectivity index (χ2n) is 6.70. The van der Waals surface area contributed by atoms with Crippen molar-refractivity contribution in [1.29, 1.82) is 0 Å². The van der Waals surface area contributed by atoms with Crippen LogP contribution < -0.4 is 10.6 Å². The number of aryl methyl sites for hydroxylation is 1. The molecule has 2 heterocycles. The molecule has 2 aromatic rings. The normalized spacial score (nSPS) is 18.7. The number of amides is 2. The fourth-order valence-electron chi connectivity index (χ4n) is 3.18. The summed E-state index contributed by atoms with van der Waals surface area (Å²) < 4.78 is 1.74. The van der Waals surface area contributed by atoms with E-state index in [-0.39, 0.29) is 36.1 Å². The van der Waals surface area contributed by atoms with Crippen LogP contribution in [0.4, 0.5) is 5.69 Å². The quantitative estimate of drug-likeness (QED) is 0.807. The van der Waals surface area contributed by atoms with Gasteiger partial charge in [-0.2, -0.15) is 5.10 Å². The number of halogens is 2. The predicted molar refractivity (Wildman–Crippen MR) is 108 cm³/mol. The van der Waals surface area contributed by atoms with Gasteiger partial charge in [-0.05, 0) is 23.8 Å². The molecule has 1 fully saturated rings. The first-order chi connectivity index (χ1) is 12.4. The minimum absolute atomic E-state index is 0. The van der Waals surface area contributed by atoms with E-state index in [9.17, 15) is 9.59 Å². The fraction of sp³-hybridized carbons (Fsp3) is 0.389. The van der Waals surface area contributed by atoms with Crippen LogP contribution in [0.3, 0.4) is 0 Å². The number of nitrogens with zero attached hydrogens (tertiary/aromatic N) is 3. The molecule has 1 saturated heterocycles. The second kappa shape index (κ2) is 8.73. The Kier molecular flexibility index (Phi) is 6.86. The molecule has 0 bridgehead atoms. The third kappa shape index (κ3) is 4.61. The Balaban J connectivity index is 0.00000261. The lowest BCUT2D eigenvalue weighted by atomic mass is 9.90. The van der Waals surface area contributed by atoms with Gasteiger partial charge >= 0.3 is 0 Å². The third-order valence-corrected chi connectivity index (χ3v) is 4.90. The number of carbonyl (C=O) groups excluding carboxylic acids is 2. The summed E-state index contributed by atoms with van der Waals surface area (Å²) in [6, 6.07) is 4.94. The van der Waals surface area contributed by atoms with Crippen LogP contribution in [0.1, 0.15) is 21.8 Å². The van der Waals surface area contributed by atoms with Gasteiger partial charge in [0.05, 0.1) is 22.7 Å². The number of nitrogens with one attached hydrogen (secondary N) is 2. The first-order valence-corrected chi connectivity index (χ1v) is 8.76. The van der Waals surface area contributed by atoms with Crippen molar-refractivity contribution in [3.8, 4) is 0 Å². The monoisotopic (exact) mass is 411 g/mol. The lowest BCUT2D eigenvalue weighted by molar-refractivity contribution is -0.119. The summed E-state index contributed by atoms with van der Waals surface area (Å²) >= 11 is 6.12. The molecule has 0 spiro atoms. The summed E-state index contributed by atoms with van der Waals surface area (Å²) in [5, 5.41) is 10.7. The van der Waals surface area contributed by atoms with E-state index in [1.165, 1.54) is 4.90 Å². The number of anilines is 1. The molecule has 1 aliphatic heterocycles. The van der Waals surface area contributed by atoms with Crippen molar-refractivity contribution in [3.05, 3.63) is 46.7 Å². The highest BCUT2D eigenvalue weighted by atomic mass is 35.5. The highest BCUT2D eigenvalue weighted by molar-refractivity contribution is 6.34. The van der Waals surface area contributed by atoms with Gasteiger partial charge < -0.3 is 15.5 Å². The highest BCUT2D eigenvalue weighted by Gasteiger charge is 2.34. The van der Waals surface area contributed by atoms with Crippen LogP contribution in [-0.4, -0.2) is 53.7 Å². The van der Waals surface area contributed by atoms with Crippen molar-refractivity contribution in [3.63, 3.8) is 0 Å². The summed E-state index contributed by atoms with van der Waals surface area (Å²) in [5.41, 5.74) is 1.96. The van der Waals surface area contributed by atoms with E-state index < -0.39 is 0 Å². The number of benzene rings is 1. The molecule has 0 unspecified atom stereocenters. The van der Waals surface area contributed by atoms with Crippen LogP contribution in [0.15, 0.2) is 30.6 Å². The molecule has 146 valence electrons. The van der Waals surface area contributed by atoms with Crippen LogP contribution >= 0.6 is 24.0 Å². The van der Waals surface area contributed by atoms with Crippen molar-refractivity contribution < 1.29 is 9.59 Å². The Labute approximate surface area is 169 Å². The van der Waals surface area contributed by atoms with Crippen LogP contribution in [0.25, 0.3) is 0 Å². The Morgan fingerprint density at radius 3 is 2.70 bits per heavy atom. The fourth-order valence-corrected chi connectivity index (χ4v) is 3.38. The van der Waals surface area contributed by atoms with E-state index in [2.05, 4.69) is 15.7 Å². The predicted octanol–water partition coefficient (Wildman–Crippen LogP) is 2.14. The van der Waals surface area contributed by atoms with Gasteiger partial charge in [0, 0.05) is 52.0 Å². The zero-order valence-corrected chi connectivity index (χ0v) is 17.0. The molecule has 2 atom stereocenters.